The third kappa shape index (κ3) is 2.31. The van der Waals surface area contributed by atoms with Gasteiger partial charge in [0.1, 0.15) is 11.9 Å². The first-order chi connectivity index (χ1) is 8.11. The van der Waals surface area contributed by atoms with Crippen molar-refractivity contribution in [2.75, 3.05) is 13.1 Å². The SMILES string of the molecule is CC(c1c([N+](=O)[O-])cnn1C)C1CCNCC1. The van der Waals surface area contributed by atoms with Gasteiger partial charge in [0, 0.05) is 13.0 Å². The Labute approximate surface area is 100 Å². The van der Waals surface area contributed by atoms with Crippen molar-refractivity contribution in [1.29, 1.82) is 0 Å². The van der Waals surface area contributed by atoms with Crippen LogP contribution < -0.4 is 5.32 Å². The molecule has 0 saturated carbocycles. The summed E-state index contributed by atoms with van der Waals surface area (Å²) in [6.45, 7) is 4.07. The van der Waals surface area contributed by atoms with Gasteiger partial charge in [0.2, 0.25) is 0 Å². The zero-order chi connectivity index (χ0) is 12.4. The highest BCUT2D eigenvalue weighted by Crippen LogP contribution is 2.34. The fourth-order valence-electron chi connectivity index (χ4n) is 2.67. The molecule has 1 aromatic rings. The number of nitrogens with one attached hydrogen (secondary N) is 1. The second-order valence-corrected chi connectivity index (χ2v) is 4.67. The molecule has 1 fully saturated rings. The van der Waals surface area contributed by atoms with Crippen molar-refractivity contribution in [3.8, 4) is 0 Å². The molecule has 6 heteroatoms. The molecule has 0 spiro atoms. The van der Waals surface area contributed by atoms with E-state index in [1.165, 1.54) is 6.20 Å². The van der Waals surface area contributed by atoms with Gasteiger partial charge in [-0.3, -0.25) is 14.8 Å². The number of hydrogen-bond acceptors (Lipinski definition) is 4. The monoisotopic (exact) mass is 238 g/mol. The Balaban J connectivity index is 2.25. The average molecular weight is 238 g/mol. The lowest BCUT2D eigenvalue weighted by Gasteiger charge is -2.27. The molecule has 1 aliphatic heterocycles. The zero-order valence-corrected chi connectivity index (χ0v) is 10.2. The fraction of sp³-hybridized carbons (Fsp3) is 0.727. The molecule has 0 amide bonds. The summed E-state index contributed by atoms with van der Waals surface area (Å²) in [7, 11) is 1.78. The summed E-state index contributed by atoms with van der Waals surface area (Å²) in [5.74, 6) is 0.690. The Hall–Kier alpha value is -1.43. The maximum atomic E-state index is 11.0. The second-order valence-electron chi connectivity index (χ2n) is 4.67. The summed E-state index contributed by atoms with van der Waals surface area (Å²) in [4.78, 5) is 10.6. The molecule has 2 heterocycles. The Kier molecular flexibility index (Phi) is 3.42. The minimum absolute atomic E-state index is 0.151. The van der Waals surface area contributed by atoms with Gasteiger partial charge in [-0.05, 0) is 31.8 Å². The molecule has 2 rings (SSSR count). The maximum Gasteiger partial charge on any atom is 0.310 e. The Morgan fingerprint density at radius 3 is 2.82 bits per heavy atom. The lowest BCUT2D eigenvalue weighted by atomic mass is 9.83. The normalized spacial score (nSPS) is 19.2. The summed E-state index contributed by atoms with van der Waals surface area (Å²) in [5, 5.41) is 18.3. The molecule has 0 aliphatic carbocycles. The molecule has 0 radical (unpaired) electrons. The number of nitrogens with zero attached hydrogens (tertiary/aromatic N) is 3. The van der Waals surface area contributed by atoms with Crippen molar-refractivity contribution in [1.82, 2.24) is 15.1 Å². The number of hydrogen-bond donors (Lipinski definition) is 1. The van der Waals surface area contributed by atoms with Gasteiger partial charge in [0.25, 0.3) is 0 Å². The molecule has 1 aromatic heterocycles. The van der Waals surface area contributed by atoms with Gasteiger partial charge in [-0.1, -0.05) is 6.92 Å². The molecule has 1 N–H and O–H groups in total. The third-order valence-electron chi connectivity index (χ3n) is 3.68. The van der Waals surface area contributed by atoms with Gasteiger partial charge in [-0.15, -0.1) is 0 Å². The lowest BCUT2D eigenvalue weighted by molar-refractivity contribution is -0.385. The van der Waals surface area contributed by atoms with E-state index in [1.807, 2.05) is 0 Å². The van der Waals surface area contributed by atoms with Crippen molar-refractivity contribution >= 4 is 5.69 Å². The minimum Gasteiger partial charge on any atom is -0.317 e. The summed E-state index contributed by atoms with van der Waals surface area (Å²) in [6, 6.07) is 0. The quantitative estimate of drug-likeness (QED) is 0.638. The van der Waals surface area contributed by atoms with Gasteiger partial charge in [-0.2, -0.15) is 5.10 Å². The molecule has 1 aliphatic rings. The van der Waals surface area contributed by atoms with Crippen molar-refractivity contribution in [2.24, 2.45) is 13.0 Å². The molecule has 6 nitrogen and oxygen atoms in total. The summed E-state index contributed by atoms with van der Waals surface area (Å²) in [5.41, 5.74) is 0.903. The van der Waals surface area contributed by atoms with E-state index in [1.54, 1.807) is 11.7 Å². The topological polar surface area (TPSA) is 73.0 Å². The number of rotatable bonds is 3. The minimum atomic E-state index is -0.333. The average Bonchev–Trinajstić information content (AvgIpc) is 2.71. The van der Waals surface area contributed by atoms with Crippen LogP contribution in [-0.2, 0) is 7.05 Å². The molecule has 0 bridgehead atoms. The van der Waals surface area contributed by atoms with E-state index < -0.39 is 0 Å². The third-order valence-corrected chi connectivity index (χ3v) is 3.68. The lowest BCUT2D eigenvalue weighted by Crippen LogP contribution is -2.30. The maximum absolute atomic E-state index is 11.0. The second kappa shape index (κ2) is 4.83. The first-order valence-corrected chi connectivity index (χ1v) is 5.98. The first kappa shape index (κ1) is 12.0. The van der Waals surface area contributed by atoms with Crippen LogP contribution in [0.4, 0.5) is 5.69 Å². The standard InChI is InChI=1S/C11H18N4O2/c1-8(9-3-5-12-6-4-9)11-10(15(16)17)7-13-14(11)2/h7-9,12H,3-6H2,1-2H3. The van der Waals surface area contributed by atoms with Crippen LogP contribution >= 0.6 is 0 Å². The number of aryl methyl sites for hydroxylation is 1. The largest absolute Gasteiger partial charge is 0.317 e. The first-order valence-electron chi connectivity index (χ1n) is 5.98. The molecule has 1 saturated heterocycles. The summed E-state index contributed by atoms with van der Waals surface area (Å²) >= 11 is 0. The van der Waals surface area contributed by atoms with Crippen molar-refractivity contribution in [2.45, 2.75) is 25.7 Å². The van der Waals surface area contributed by atoms with E-state index in [2.05, 4.69) is 17.3 Å². The fourth-order valence-corrected chi connectivity index (χ4v) is 2.67. The van der Waals surface area contributed by atoms with E-state index >= 15 is 0 Å². The summed E-state index contributed by atoms with van der Waals surface area (Å²) < 4.78 is 1.64. The van der Waals surface area contributed by atoms with Gasteiger partial charge >= 0.3 is 5.69 Å². The van der Waals surface area contributed by atoms with E-state index in [-0.39, 0.29) is 16.5 Å². The Morgan fingerprint density at radius 1 is 1.59 bits per heavy atom. The molecule has 94 valence electrons. The van der Waals surface area contributed by atoms with E-state index in [9.17, 15) is 10.1 Å². The van der Waals surface area contributed by atoms with Gasteiger partial charge in [-0.25, -0.2) is 0 Å². The van der Waals surface area contributed by atoms with E-state index in [4.69, 9.17) is 0 Å². The van der Waals surface area contributed by atoms with Crippen LogP contribution in [-0.4, -0.2) is 27.8 Å². The van der Waals surface area contributed by atoms with Crippen LogP contribution in [0, 0.1) is 16.0 Å². The van der Waals surface area contributed by atoms with Crippen LogP contribution in [0.5, 0.6) is 0 Å². The predicted octanol–water partition coefficient (Wildman–Crippen LogP) is 1.43. The predicted molar refractivity (Wildman–Crippen MR) is 63.9 cm³/mol. The van der Waals surface area contributed by atoms with Crippen molar-refractivity contribution < 1.29 is 4.92 Å². The summed E-state index contributed by atoms with van der Waals surface area (Å²) in [6.07, 6.45) is 3.50. The smallest absolute Gasteiger partial charge is 0.310 e. The number of aromatic nitrogens is 2. The Bertz CT molecular complexity index is 410. The van der Waals surface area contributed by atoms with Crippen molar-refractivity contribution in [3.63, 3.8) is 0 Å². The number of piperidine rings is 1. The van der Waals surface area contributed by atoms with Crippen LogP contribution in [0.1, 0.15) is 31.4 Å². The Morgan fingerprint density at radius 2 is 2.24 bits per heavy atom. The molecule has 1 unspecified atom stereocenters. The molecule has 17 heavy (non-hydrogen) atoms. The number of nitro groups is 1. The van der Waals surface area contributed by atoms with Gasteiger partial charge < -0.3 is 5.32 Å². The highest BCUT2D eigenvalue weighted by molar-refractivity contribution is 5.35. The molecule has 0 aromatic carbocycles. The van der Waals surface area contributed by atoms with Crippen LogP contribution in [0.3, 0.4) is 0 Å². The molecular formula is C11H18N4O2. The van der Waals surface area contributed by atoms with Gasteiger partial charge in [0.15, 0.2) is 0 Å². The van der Waals surface area contributed by atoms with Crippen LogP contribution in [0.2, 0.25) is 0 Å². The van der Waals surface area contributed by atoms with E-state index in [0.717, 1.165) is 31.6 Å². The zero-order valence-electron chi connectivity index (χ0n) is 10.2. The van der Waals surface area contributed by atoms with E-state index in [0.29, 0.717) is 5.92 Å². The van der Waals surface area contributed by atoms with Gasteiger partial charge in [0.05, 0.1) is 4.92 Å². The van der Waals surface area contributed by atoms with Crippen molar-refractivity contribution in [3.05, 3.63) is 22.0 Å². The molecular weight excluding hydrogens is 220 g/mol. The highest BCUT2D eigenvalue weighted by atomic mass is 16.6. The highest BCUT2D eigenvalue weighted by Gasteiger charge is 2.30. The molecule has 1 atom stereocenters. The van der Waals surface area contributed by atoms with Crippen LogP contribution in [0.15, 0.2) is 6.20 Å². The van der Waals surface area contributed by atoms with Crippen LogP contribution in [0.25, 0.3) is 0 Å².